The summed E-state index contributed by atoms with van der Waals surface area (Å²) in [6.45, 7) is 7.57. The third kappa shape index (κ3) is 6.22. The number of hydrogen-bond donors (Lipinski definition) is 2. The van der Waals surface area contributed by atoms with E-state index in [2.05, 4.69) is 55.7 Å². The molecule has 0 aliphatic rings. The fourth-order valence-electron chi connectivity index (χ4n) is 2.77. The van der Waals surface area contributed by atoms with Crippen molar-refractivity contribution in [3.8, 4) is 0 Å². The quantitative estimate of drug-likeness (QED) is 0.822. The van der Waals surface area contributed by atoms with Gasteiger partial charge in [0.15, 0.2) is 0 Å². The summed E-state index contributed by atoms with van der Waals surface area (Å²) in [5.74, 6) is -0.235. The van der Waals surface area contributed by atoms with E-state index in [1.807, 2.05) is 11.9 Å². The van der Waals surface area contributed by atoms with Crippen LogP contribution in [0.25, 0.3) is 0 Å². The second kappa shape index (κ2) is 8.82. The molecule has 0 bridgehead atoms. The Bertz CT molecular complexity index is 775. The van der Waals surface area contributed by atoms with E-state index < -0.39 is 0 Å². The number of nitrogens with zero attached hydrogens (tertiary/aromatic N) is 1. The molecule has 0 unspecified atom stereocenters. The highest BCUT2D eigenvalue weighted by Gasteiger charge is 2.13. The largest absolute Gasteiger partial charge is 0.355 e. The Morgan fingerprint density at radius 3 is 2.07 bits per heavy atom. The van der Waals surface area contributed by atoms with Gasteiger partial charge < -0.3 is 10.6 Å². The molecule has 0 aliphatic carbocycles. The lowest BCUT2D eigenvalue weighted by atomic mass is 9.87. The third-order valence-electron chi connectivity index (χ3n) is 4.34. The van der Waals surface area contributed by atoms with E-state index in [0.717, 1.165) is 0 Å². The predicted molar refractivity (Wildman–Crippen MR) is 110 cm³/mol. The normalized spacial score (nSPS) is 11.3. The van der Waals surface area contributed by atoms with Crippen molar-refractivity contribution >= 4 is 17.5 Å². The molecule has 0 radical (unpaired) electrons. The molecule has 0 aromatic heterocycles. The SMILES string of the molecule is CNC(=O)c1ccc(NC(=O)CN(C)Cc2ccc(C(C)(C)C)cc2)cc1. The maximum atomic E-state index is 12.2. The molecule has 27 heavy (non-hydrogen) atoms. The third-order valence-corrected chi connectivity index (χ3v) is 4.34. The maximum Gasteiger partial charge on any atom is 0.251 e. The van der Waals surface area contributed by atoms with Crippen molar-refractivity contribution in [1.29, 1.82) is 0 Å². The fourth-order valence-corrected chi connectivity index (χ4v) is 2.77. The van der Waals surface area contributed by atoms with Crippen LogP contribution in [0.1, 0.15) is 42.3 Å². The summed E-state index contributed by atoms with van der Waals surface area (Å²) in [6, 6.07) is 15.4. The van der Waals surface area contributed by atoms with E-state index in [9.17, 15) is 9.59 Å². The first-order valence-electron chi connectivity index (χ1n) is 9.09. The van der Waals surface area contributed by atoms with Gasteiger partial charge in [-0.2, -0.15) is 0 Å². The van der Waals surface area contributed by atoms with Crippen LogP contribution in [-0.4, -0.2) is 37.4 Å². The molecule has 0 aliphatic heterocycles. The van der Waals surface area contributed by atoms with Crippen LogP contribution in [-0.2, 0) is 16.8 Å². The van der Waals surface area contributed by atoms with Crippen LogP contribution >= 0.6 is 0 Å². The lowest BCUT2D eigenvalue weighted by molar-refractivity contribution is -0.117. The van der Waals surface area contributed by atoms with Crippen LogP contribution in [0.5, 0.6) is 0 Å². The van der Waals surface area contributed by atoms with Crippen LogP contribution in [0.2, 0.25) is 0 Å². The lowest BCUT2D eigenvalue weighted by Crippen LogP contribution is -2.29. The molecule has 0 atom stereocenters. The molecule has 0 saturated carbocycles. The number of hydrogen-bond acceptors (Lipinski definition) is 3. The molecule has 5 nitrogen and oxygen atoms in total. The number of benzene rings is 2. The van der Waals surface area contributed by atoms with Crippen molar-refractivity contribution in [3.63, 3.8) is 0 Å². The van der Waals surface area contributed by atoms with Gasteiger partial charge in [-0.1, -0.05) is 45.0 Å². The Morgan fingerprint density at radius 2 is 1.56 bits per heavy atom. The molecule has 2 rings (SSSR count). The Hall–Kier alpha value is -2.66. The highest BCUT2D eigenvalue weighted by Crippen LogP contribution is 2.22. The summed E-state index contributed by atoms with van der Waals surface area (Å²) in [6.07, 6.45) is 0. The minimum Gasteiger partial charge on any atom is -0.355 e. The molecule has 0 fully saturated rings. The number of carbonyl (C=O) groups is 2. The maximum absolute atomic E-state index is 12.2. The molecule has 144 valence electrons. The van der Waals surface area contributed by atoms with E-state index in [1.165, 1.54) is 11.1 Å². The van der Waals surface area contributed by atoms with Crippen LogP contribution in [0.4, 0.5) is 5.69 Å². The van der Waals surface area contributed by atoms with E-state index in [-0.39, 0.29) is 23.8 Å². The van der Waals surface area contributed by atoms with Crippen molar-refractivity contribution < 1.29 is 9.59 Å². The van der Waals surface area contributed by atoms with Gasteiger partial charge in [0.25, 0.3) is 5.91 Å². The Kier molecular flexibility index (Phi) is 6.75. The van der Waals surface area contributed by atoms with Crippen molar-refractivity contribution in [2.24, 2.45) is 0 Å². The van der Waals surface area contributed by atoms with Crippen molar-refractivity contribution in [2.75, 3.05) is 26.0 Å². The highest BCUT2D eigenvalue weighted by atomic mass is 16.2. The smallest absolute Gasteiger partial charge is 0.251 e. The monoisotopic (exact) mass is 367 g/mol. The first kappa shape index (κ1) is 20.6. The summed E-state index contributed by atoms with van der Waals surface area (Å²) in [4.78, 5) is 25.8. The van der Waals surface area contributed by atoms with E-state index in [4.69, 9.17) is 0 Å². The molecule has 2 N–H and O–H groups in total. The van der Waals surface area contributed by atoms with Crippen molar-refractivity contribution in [1.82, 2.24) is 10.2 Å². The van der Waals surface area contributed by atoms with Crippen LogP contribution in [0, 0.1) is 0 Å². The minimum absolute atomic E-state index is 0.0866. The number of amides is 2. The number of anilines is 1. The molecule has 2 aromatic rings. The van der Waals surface area contributed by atoms with Gasteiger partial charge in [-0.05, 0) is 47.9 Å². The molecule has 0 saturated heterocycles. The second-order valence-electron chi connectivity index (χ2n) is 7.82. The average molecular weight is 367 g/mol. The number of likely N-dealkylation sites (N-methyl/N-ethyl adjacent to an activating group) is 1. The van der Waals surface area contributed by atoms with Gasteiger partial charge in [0.2, 0.25) is 5.91 Å². The number of nitrogens with one attached hydrogen (secondary N) is 2. The fraction of sp³-hybridized carbons (Fsp3) is 0.364. The standard InChI is InChI=1S/C22H29N3O2/c1-22(2,3)18-10-6-16(7-11-18)14-25(5)15-20(26)24-19-12-8-17(9-13-19)21(27)23-4/h6-13H,14-15H2,1-5H3,(H,23,27)(H,24,26). The summed E-state index contributed by atoms with van der Waals surface area (Å²) in [5.41, 5.74) is 3.85. The zero-order valence-electron chi connectivity index (χ0n) is 16.8. The van der Waals surface area contributed by atoms with Crippen LogP contribution in [0.15, 0.2) is 48.5 Å². The number of carbonyl (C=O) groups excluding carboxylic acids is 2. The van der Waals surface area contributed by atoms with Crippen LogP contribution in [0.3, 0.4) is 0 Å². The average Bonchev–Trinajstić information content (AvgIpc) is 2.61. The van der Waals surface area contributed by atoms with E-state index in [1.54, 1.807) is 31.3 Å². The predicted octanol–water partition coefficient (Wildman–Crippen LogP) is 3.41. The molecule has 2 aromatic carbocycles. The van der Waals surface area contributed by atoms with E-state index in [0.29, 0.717) is 17.8 Å². The highest BCUT2D eigenvalue weighted by molar-refractivity contribution is 5.96. The Labute approximate surface area is 161 Å². The van der Waals surface area contributed by atoms with Gasteiger partial charge in [0, 0.05) is 24.8 Å². The van der Waals surface area contributed by atoms with Crippen molar-refractivity contribution in [3.05, 3.63) is 65.2 Å². The Balaban J connectivity index is 1.87. The van der Waals surface area contributed by atoms with E-state index >= 15 is 0 Å². The van der Waals surface area contributed by atoms with Crippen LogP contribution < -0.4 is 10.6 Å². The van der Waals surface area contributed by atoms with Gasteiger partial charge in [-0.15, -0.1) is 0 Å². The molecule has 0 spiro atoms. The summed E-state index contributed by atoms with van der Waals surface area (Å²) >= 11 is 0. The molecule has 5 heteroatoms. The summed E-state index contributed by atoms with van der Waals surface area (Å²) < 4.78 is 0. The van der Waals surface area contributed by atoms with Gasteiger partial charge >= 0.3 is 0 Å². The molecular formula is C22H29N3O2. The molecule has 0 heterocycles. The lowest BCUT2D eigenvalue weighted by Gasteiger charge is -2.20. The van der Waals surface area contributed by atoms with Gasteiger partial charge in [0.1, 0.15) is 0 Å². The first-order valence-corrected chi connectivity index (χ1v) is 9.09. The van der Waals surface area contributed by atoms with Gasteiger partial charge in [-0.25, -0.2) is 0 Å². The first-order chi connectivity index (χ1) is 12.7. The topological polar surface area (TPSA) is 61.4 Å². The van der Waals surface area contributed by atoms with Crippen molar-refractivity contribution in [2.45, 2.75) is 32.7 Å². The Morgan fingerprint density at radius 1 is 0.963 bits per heavy atom. The second-order valence-corrected chi connectivity index (χ2v) is 7.82. The molecule has 2 amide bonds. The minimum atomic E-state index is -0.148. The summed E-state index contributed by atoms with van der Waals surface area (Å²) in [5, 5.41) is 5.43. The summed E-state index contributed by atoms with van der Waals surface area (Å²) in [7, 11) is 3.51. The zero-order chi connectivity index (χ0) is 20.0. The van der Waals surface area contributed by atoms with Gasteiger partial charge in [0.05, 0.1) is 6.54 Å². The zero-order valence-corrected chi connectivity index (χ0v) is 16.8. The van der Waals surface area contributed by atoms with Gasteiger partial charge in [-0.3, -0.25) is 14.5 Å². The number of rotatable bonds is 6. The molecular weight excluding hydrogens is 338 g/mol.